The minimum Gasteiger partial charge on any atom is -0.357 e. The highest BCUT2D eigenvalue weighted by Gasteiger charge is 2.21. The van der Waals surface area contributed by atoms with Crippen molar-refractivity contribution >= 4 is 17.6 Å². The van der Waals surface area contributed by atoms with Gasteiger partial charge in [0.05, 0.1) is 6.54 Å². The zero-order chi connectivity index (χ0) is 16.8. The molecule has 0 unspecified atom stereocenters. The quantitative estimate of drug-likeness (QED) is 0.598. The number of rotatable bonds is 7. The van der Waals surface area contributed by atoms with Gasteiger partial charge in [0, 0.05) is 31.7 Å². The number of carbonyl (C=O) groups is 1. The van der Waals surface area contributed by atoms with Gasteiger partial charge in [0.25, 0.3) is 0 Å². The van der Waals surface area contributed by atoms with Crippen LogP contribution in [0, 0.1) is 5.92 Å². The smallest absolute Gasteiger partial charge is 0.227 e. The first kappa shape index (κ1) is 16.8. The highest BCUT2D eigenvalue weighted by Crippen LogP contribution is 2.31. The lowest BCUT2D eigenvalue weighted by atomic mass is 10.2. The number of anilines is 1. The average molecular weight is 328 g/mol. The monoisotopic (exact) mass is 328 g/mol. The van der Waals surface area contributed by atoms with E-state index in [0.29, 0.717) is 13.0 Å². The summed E-state index contributed by atoms with van der Waals surface area (Å²) in [5.41, 5.74) is 2.16. The second-order valence-corrected chi connectivity index (χ2v) is 6.67. The van der Waals surface area contributed by atoms with Crippen LogP contribution in [0.5, 0.6) is 0 Å². The molecular formula is C19H28N4O. The van der Waals surface area contributed by atoms with Crippen molar-refractivity contribution in [3.05, 3.63) is 29.8 Å². The molecule has 1 aromatic carbocycles. The second kappa shape index (κ2) is 8.18. The number of hydrogen-bond acceptors (Lipinski definition) is 2. The van der Waals surface area contributed by atoms with Gasteiger partial charge in [-0.15, -0.1) is 0 Å². The second-order valence-electron chi connectivity index (χ2n) is 6.67. The van der Waals surface area contributed by atoms with E-state index in [4.69, 9.17) is 0 Å². The maximum atomic E-state index is 11.8. The fourth-order valence-electron chi connectivity index (χ4n) is 3.02. The van der Waals surface area contributed by atoms with Crippen molar-refractivity contribution in [1.29, 1.82) is 0 Å². The predicted molar refractivity (Wildman–Crippen MR) is 98.2 cm³/mol. The lowest BCUT2D eigenvalue weighted by Gasteiger charge is -2.16. The van der Waals surface area contributed by atoms with E-state index in [-0.39, 0.29) is 5.91 Å². The number of guanidine groups is 1. The van der Waals surface area contributed by atoms with Crippen molar-refractivity contribution in [1.82, 2.24) is 10.6 Å². The minimum atomic E-state index is 0.232. The third-order valence-electron chi connectivity index (χ3n) is 4.63. The molecule has 130 valence electrons. The standard InChI is InChI=1S/C19H28N4O/c1-2-20-19(21-12-11-15-5-6-15)22-14-16-7-9-17(10-8-16)23-13-3-4-18(23)24/h7-10,15H,2-6,11-14H2,1H3,(H2,20,21,22). The Morgan fingerprint density at radius 2 is 2.04 bits per heavy atom. The molecule has 0 atom stereocenters. The molecule has 0 spiro atoms. The van der Waals surface area contributed by atoms with Crippen LogP contribution in [0.3, 0.4) is 0 Å². The first-order chi connectivity index (χ1) is 11.8. The van der Waals surface area contributed by atoms with Crippen LogP contribution in [0.25, 0.3) is 0 Å². The maximum absolute atomic E-state index is 11.8. The maximum Gasteiger partial charge on any atom is 0.227 e. The molecule has 1 aromatic rings. The van der Waals surface area contributed by atoms with Crippen molar-refractivity contribution in [2.45, 2.75) is 45.6 Å². The number of nitrogens with one attached hydrogen (secondary N) is 2. The topological polar surface area (TPSA) is 56.7 Å². The molecule has 1 heterocycles. The highest BCUT2D eigenvalue weighted by molar-refractivity contribution is 5.95. The summed E-state index contributed by atoms with van der Waals surface area (Å²) >= 11 is 0. The predicted octanol–water partition coefficient (Wildman–Crippen LogP) is 2.67. The molecule has 0 radical (unpaired) electrons. The Bertz CT molecular complexity index is 578. The van der Waals surface area contributed by atoms with E-state index in [1.54, 1.807) is 0 Å². The Hall–Kier alpha value is -2.04. The van der Waals surface area contributed by atoms with Gasteiger partial charge in [-0.05, 0) is 43.4 Å². The zero-order valence-electron chi connectivity index (χ0n) is 14.6. The van der Waals surface area contributed by atoms with E-state index < -0.39 is 0 Å². The van der Waals surface area contributed by atoms with Crippen LogP contribution in [-0.4, -0.2) is 31.5 Å². The molecule has 1 amide bonds. The summed E-state index contributed by atoms with van der Waals surface area (Å²) in [6.07, 6.45) is 5.65. The van der Waals surface area contributed by atoms with Crippen LogP contribution in [0.1, 0.15) is 44.6 Å². The number of nitrogens with zero attached hydrogens (tertiary/aromatic N) is 2. The molecule has 2 fully saturated rings. The lowest BCUT2D eigenvalue weighted by Crippen LogP contribution is -2.37. The van der Waals surface area contributed by atoms with Crippen molar-refractivity contribution in [2.24, 2.45) is 10.9 Å². The van der Waals surface area contributed by atoms with Crippen molar-refractivity contribution in [3.63, 3.8) is 0 Å². The molecule has 2 N–H and O–H groups in total. The Morgan fingerprint density at radius 1 is 1.25 bits per heavy atom. The lowest BCUT2D eigenvalue weighted by molar-refractivity contribution is -0.117. The van der Waals surface area contributed by atoms with Gasteiger partial charge in [0.1, 0.15) is 0 Å². The summed E-state index contributed by atoms with van der Waals surface area (Å²) in [5, 5.41) is 6.71. The fraction of sp³-hybridized carbons (Fsp3) is 0.579. The van der Waals surface area contributed by atoms with E-state index in [2.05, 4.69) is 34.7 Å². The minimum absolute atomic E-state index is 0.232. The third kappa shape index (κ3) is 4.73. The van der Waals surface area contributed by atoms with Crippen LogP contribution in [0.15, 0.2) is 29.3 Å². The van der Waals surface area contributed by atoms with Crippen LogP contribution in [0.4, 0.5) is 5.69 Å². The van der Waals surface area contributed by atoms with Gasteiger partial charge in [0.15, 0.2) is 5.96 Å². The van der Waals surface area contributed by atoms with Gasteiger partial charge in [0.2, 0.25) is 5.91 Å². The van der Waals surface area contributed by atoms with E-state index in [1.165, 1.54) is 19.3 Å². The third-order valence-corrected chi connectivity index (χ3v) is 4.63. The van der Waals surface area contributed by atoms with E-state index in [9.17, 15) is 4.79 Å². The largest absolute Gasteiger partial charge is 0.357 e. The highest BCUT2D eigenvalue weighted by atomic mass is 16.2. The van der Waals surface area contributed by atoms with Gasteiger partial charge < -0.3 is 15.5 Å². The fourth-order valence-corrected chi connectivity index (χ4v) is 3.02. The Labute approximate surface area is 144 Å². The summed E-state index contributed by atoms with van der Waals surface area (Å²) in [6.45, 7) is 5.43. The van der Waals surface area contributed by atoms with Crippen molar-refractivity contribution in [2.75, 3.05) is 24.5 Å². The molecule has 1 saturated heterocycles. The zero-order valence-corrected chi connectivity index (χ0v) is 14.6. The van der Waals surface area contributed by atoms with Gasteiger partial charge in [-0.1, -0.05) is 25.0 Å². The number of carbonyl (C=O) groups excluding carboxylic acids is 1. The summed E-state index contributed by atoms with van der Waals surface area (Å²) in [5.74, 6) is 2.05. The normalized spacial score (nSPS) is 18.1. The van der Waals surface area contributed by atoms with Gasteiger partial charge in [-0.3, -0.25) is 4.79 Å². The molecule has 5 nitrogen and oxygen atoms in total. The molecule has 1 aliphatic carbocycles. The summed E-state index contributed by atoms with van der Waals surface area (Å²) in [4.78, 5) is 18.3. The number of aliphatic imine (C=N–C) groups is 1. The first-order valence-electron chi connectivity index (χ1n) is 9.17. The number of benzene rings is 1. The average Bonchev–Trinajstić information content (AvgIpc) is 3.32. The van der Waals surface area contributed by atoms with Crippen LogP contribution < -0.4 is 15.5 Å². The molecule has 2 aliphatic rings. The van der Waals surface area contributed by atoms with Crippen LogP contribution >= 0.6 is 0 Å². The molecule has 3 rings (SSSR count). The van der Waals surface area contributed by atoms with Gasteiger partial charge >= 0.3 is 0 Å². The molecule has 24 heavy (non-hydrogen) atoms. The Morgan fingerprint density at radius 3 is 2.67 bits per heavy atom. The Kier molecular flexibility index (Phi) is 5.72. The van der Waals surface area contributed by atoms with E-state index >= 15 is 0 Å². The molecule has 0 aromatic heterocycles. The summed E-state index contributed by atoms with van der Waals surface area (Å²) < 4.78 is 0. The van der Waals surface area contributed by atoms with Crippen LogP contribution in [-0.2, 0) is 11.3 Å². The number of hydrogen-bond donors (Lipinski definition) is 2. The Balaban J connectivity index is 1.53. The molecule has 1 aliphatic heterocycles. The SMILES string of the molecule is CCNC(=NCc1ccc(N2CCCC2=O)cc1)NCCC1CC1. The molecule has 0 bridgehead atoms. The van der Waals surface area contributed by atoms with Crippen LogP contribution in [0.2, 0.25) is 0 Å². The molecular weight excluding hydrogens is 300 g/mol. The van der Waals surface area contributed by atoms with Crippen molar-refractivity contribution in [3.8, 4) is 0 Å². The van der Waals surface area contributed by atoms with E-state index in [0.717, 1.165) is 49.2 Å². The molecule has 5 heteroatoms. The first-order valence-corrected chi connectivity index (χ1v) is 9.17. The summed E-state index contributed by atoms with van der Waals surface area (Å²) in [6, 6.07) is 8.19. The van der Waals surface area contributed by atoms with Gasteiger partial charge in [-0.2, -0.15) is 0 Å². The number of amides is 1. The van der Waals surface area contributed by atoms with Gasteiger partial charge in [-0.25, -0.2) is 4.99 Å². The van der Waals surface area contributed by atoms with Crippen molar-refractivity contribution < 1.29 is 4.79 Å². The van der Waals surface area contributed by atoms with E-state index in [1.807, 2.05) is 17.0 Å². The molecule has 1 saturated carbocycles. The summed E-state index contributed by atoms with van der Waals surface area (Å²) in [7, 11) is 0.